The van der Waals surface area contributed by atoms with Gasteiger partial charge in [0.25, 0.3) is 17.4 Å². The van der Waals surface area contributed by atoms with Gasteiger partial charge in [0, 0.05) is 49.0 Å². The molecular formula is C24H24N6O3. The molecule has 0 spiro atoms. The van der Waals surface area contributed by atoms with Crippen LogP contribution in [0.1, 0.15) is 63.1 Å². The summed E-state index contributed by atoms with van der Waals surface area (Å²) >= 11 is 0. The molecule has 9 heteroatoms. The highest BCUT2D eigenvalue weighted by Gasteiger charge is 2.32. The van der Waals surface area contributed by atoms with Gasteiger partial charge < -0.3 is 14.8 Å². The van der Waals surface area contributed by atoms with Crippen molar-refractivity contribution in [3.63, 3.8) is 0 Å². The summed E-state index contributed by atoms with van der Waals surface area (Å²) in [5.41, 5.74) is 2.09. The lowest BCUT2D eigenvalue weighted by molar-refractivity contribution is 0.0598. The van der Waals surface area contributed by atoms with Gasteiger partial charge in [-0.3, -0.25) is 24.4 Å². The zero-order valence-electron chi connectivity index (χ0n) is 18.1. The van der Waals surface area contributed by atoms with E-state index in [0.29, 0.717) is 54.1 Å². The number of carbonyl (C=O) groups excluding carboxylic acids is 2. The van der Waals surface area contributed by atoms with E-state index in [1.54, 1.807) is 58.9 Å². The number of hydrogen-bond donors (Lipinski definition) is 1. The summed E-state index contributed by atoms with van der Waals surface area (Å²) < 4.78 is 0. The molecule has 0 bridgehead atoms. The second-order valence-corrected chi connectivity index (χ2v) is 8.34. The van der Waals surface area contributed by atoms with Crippen LogP contribution in [0.4, 0.5) is 0 Å². The molecule has 5 rings (SSSR count). The molecule has 168 valence electrons. The van der Waals surface area contributed by atoms with Gasteiger partial charge in [0.1, 0.15) is 5.82 Å². The van der Waals surface area contributed by atoms with E-state index in [9.17, 15) is 14.4 Å². The fourth-order valence-corrected chi connectivity index (χ4v) is 4.58. The molecule has 1 unspecified atom stereocenters. The summed E-state index contributed by atoms with van der Waals surface area (Å²) in [6.07, 6.45) is 9.35. The number of pyridine rings is 2. The van der Waals surface area contributed by atoms with Crippen molar-refractivity contribution in [3.8, 4) is 0 Å². The molecule has 9 nitrogen and oxygen atoms in total. The van der Waals surface area contributed by atoms with Crippen LogP contribution in [0, 0.1) is 0 Å². The van der Waals surface area contributed by atoms with E-state index < -0.39 is 0 Å². The third-order valence-electron chi connectivity index (χ3n) is 6.29. The Balaban J connectivity index is 1.44. The lowest BCUT2D eigenvalue weighted by Crippen LogP contribution is -2.42. The number of likely N-dealkylation sites (tertiary alicyclic amines) is 1. The first-order valence-corrected chi connectivity index (χ1v) is 11.1. The Labute approximate surface area is 190 Å². The molecule has 0 saturated carbocycles. The Kier molecular flexibility index (Phi) is 5.68. The summed E-state index contributed by atoms with van der Waals surface area (Å²) in [7, 11) is 0. The first-order valence-electron chi connectivity index (χ1n) is 11.1. The van der Waals surface area contributed by atoms with Gasteiger partial charge in [-0.25, -0.2) is 4.98 Å². The van der Waals surface area contributed by atoms with Gasteiger partial charge in [0.2, 0.25) is 0 Å². The van der Waals surface area contributed by atoms with E-state index in [1.165, 1.54) is 0 Å². The molecule has 1 fully saturated rings. The Hall–Kier alpha value is -3.88. The molecule has 2 amide bonds. The van der Waals surface area contributed by atoms with E-state index in [4.69, 9.17) is 4.98 Å². The van der Waals surface area contributed by atoms with Gasteiger partial charge in [0.05, 0.1) is 23.8 Å². The van der Waals surface area contributed by atoms with E-state index in [1.807, 2.05) is 0 Å². The van der Waals surface area contributed by atoms with Crippen LogP contribution in [0.15, 0.2) is 53.8 Å². The minimum Gasteiger partial charge on any atom is -0.332 e. The number of aromatic nitrogens is 4. The highest BCUT2D eigenvalue weighted by molar-refractivity contribution is 5.94. The largest absolute Gasteiger partial charge is 0.332 e. The van der Waals surface area contributed by atoms with E-state index in [2.05, 4.69) is 15.0 Å². The van der Waals surface area contributed by atoms with Gasteiger partial charge in [-0.15, -0.1) is 0 Å². The standard InChI is InChI=1S/C24H24N6O3/c31-22-18-8-13-29(23(32)16-6-10-25-11-7-16)15-19(18)27-21(28-22)20-5-1-2-12-30(20)24(33)17-4-3-9-26-14-17/h3-4,6-7,9-11,14,20H,1-2,5,8,12-13,15H2,(H,27,28,31). The normalized spacial score (nSPS) is 18.0. The van der Waals surface area contributed by atoms with Crippen molar-refractivity contribution in [1.29, 1.82) is 0 Å². The van der Waals surface area contributed by atoms with E-state index in [-0.39, 0.29) is 30.0 Å². The number of rotatable bonds is 3. The van der Waals surface area contributed by atoms with Gasteiger partial charge in [-0.05, 0) is 49.9 Å². The third-order valence-corrected chi connectivity index (χ3v) is 6.29. The summed E-state index contributed by atoms with van der Waals surface area (Å²) in [5, 5.41) is 0. The van der Waals surface area contributed by atoms with Crippen molar-refractivity contribution in [2.24, 2.45) is 0 Å². The predicted octanol–water partition coefficient (Wildman–Crippen LogP) is 2.13. The number of amides is 2. The lowest BCUT2D eigenvalue weighted by atomic mass is 9.99. The monoisotopic (exact) mass is 444 g/mol. The fraction of sp³-hybridized carbons (Fsp3) is 0.333. The first-order chi connectivity index (χ1) is 16.1. The molecule has 1 atom stereocenters. The van der Waals surface area contributed by atoms with Crippen LogP contribution in [0.5, 0.6) is 0 Å². The van der Waals surface area contributed by atoms with E-state index >= 15 is 0 Å². The Morgan fingerprint density at radius 1 is 0.970 bits per heavy atom. The maximum absolute atomic E-state index is 13.2. The van der Waals surface area contributed by atoms with Crippen LogP contribution in [-0.2, 0) is 13.0 Å². The molecule has 2 aliphatic heterocycles. The minimum atomic E-state index is -0.323. The second-order valence-electron chi connectivity index (χ2n) is 8.34. The molecule has 0 aliphatic carbocycles. The van der Waals surface area contributed by atoms with Crippen LogP contribution in [-0.4, -0.2) is 54.6 Å². The molecule has 3 aromatic rings. The maximum atomic E-state index is 13.2. The smallest absolute Gasteiger partial charge is 0.256 e. The summed E-state index contributed by atoms with van der Waals surface area (Å²) in [5.74, 6) is 0.245. The van der Waals surface area contributed by atoms with Crippen LogP contribution in [0.3, 0.4) is 0 Å². The first kappa shape index (κ1) is 21.0. The molecule has 2 aliphatic rings. The lowest BCUT2D eigenvalue weighted by Gasteiger charge is -2.36. The molecule has 3 aromatic heterocycles. The molecule has 0 radical (unpaired) electrons. The number of fused-ring (bicyclic) bond motifs is 1. The number of hydrogen-bond acceptors (Lipinski definition) is 6. The van der Waals surface area contributed by atoms with Gasteiger partial charge in [-0.1, -0.05) is 0 Å². The number of piperidine rings is 1. The van der Waals surface area contributed by atoms with Gasteiger partial charge in [-0.2, -0.15) is 0 Å². The molecule has 5 heterocycles. The third kappa shape index (κ3) is 4.13. The maximum Gasteiger partial charge on any atom is 0.256 e. The Morgan fingerprint density at radius 3 is 2.61 bits per heavy atom. The molecule has 1 saturated heterocycles. The van der Waals surface area contributed by atoms with Crippen molar-refractivity contribution >= 4 is 11.8 Å². The van der Waals surface area contributed by atoms with Crippen molar-refractivity contribution in [2.75, 3.05) is 13.1 Å². The SMILES string of the molecule is O=C(c1ccncc1)N1CCc2c(nc(C3CCCCN3C(=O)c3cccnc3)[nH]c2=O)C1. The molecule has 1 N–H and O–H groups in total. The Morgan fingerprint density at radius 2 is 1.82 bits per heavy atom. The summed E-state index contributed by atoms with van der Waals surface area (Å²) in [4.78, 5) is 58.2. The molecule has 33 heavy (non-hydrogen) atoms. The fourth-order valence-electron chi connectivity index (χ4n) is 4.58. The summed E-state index contributed by atoms with van der Waals surface area (Å²) in [6, 6.07) is 6.51. The van der Waals surface area contributed by atoms with Crippen molar-refractivity contribution < 1.29 is 9.59 Å². The number of H-pyrrole nitrogens is 1. The highest BCUT2D eigenvalue weighted by atomic mass is 16.2. The number of carbonyl (C=O) groups is 2. The van der Waals surface area contributed by atoms with Crippen LogP contribution in [0.2, 0.25) is 0 Å². The van der Waals surface area contributed by atoms with Gasteiger partial charge >= 0.3 is 0 Å². The van der Waals surface area contributed by atoms with Crippen LogP contribution in [0.25, 0.3) is 0 Å². The van der Waals surface area contributed by atoms with Crippen molar-refractivity contribution in [3.05, 3.63) is 87.6 Å². The minimum absolute atomic E-state index is 0.113. The van der Waals surface area contributed by atoms with Crippen molar-refractivity contribution in [2.45, 2.75) is 38.3 Å². The number of nitrogens with zero attached hydrogens (tertiary/aromatic N) is 5. The molecular weight excluding hydrogens is 420 g/mol. The second kappa shape index (κ2) is 8.93. The average Bonchev–Trinajstić information content (AvgIpc) is 2.88. The van der Waals surface area contributed by atoms with Gasteiger partial charge in [0.15, 0.2) is 0 Å². The summed E-state index contributed by atoms with van der Waals surface area (Å²) in [6.45, 7) is 1.30. The number of nitrogens with one attached hydrogen (secondary N) is 1. The van der Waals surface area contributed by atoms with Crippen LogP contribution < -0.4 is 5.56 Å². The Bertz CT molecular complexity index is 1230. The quantitative estimate of drug-likeness (QED) is 0.662. The average molecular weight is 444 g/mol. The predicted molar refractivity (Wildman–Crippen MR) is 119 cm³/mol. The molecule has 0 aromatic carbocycles. The highest BCUT2D eigenvalue weighted by Crippen LogP contribution is 2.30. The van der Waals surface area contributed by atoms with E-state index in [0.717, 1.165) is 12.8 Å². The topological polar surface area (TPSA) is 112 Å². The zero-order valence-corrected chi connectivity index (χ0v) is 18.1. The van der Waals surface area contributed by atoms with Crippen molar-refractivity contribution in [1.82, 2.24) is 29.7 Å². The number of aromatic amines is 1. The van der Waals surface area contributed by atoms with Crippen LogP contribution >= 0.6 is 0 Å². The zero-order chi connectivity index (χ0) is 22.8.